The third kappa shape index (κ3) is 3.54. The Kier molecular flexibility index (Phi) is 4.72. The second kappa shape index (κ2) is 7.35. The van der Waals surface area contributed by atoms with E-state index in [0.29, 0.717) is 22.4 Å². The van der Waals surface area contributed by atoms with E-state index in [0.717, 1.165) is 11.1 Å². The number of pyridine rings is 1. The summed E-state index contributed by atoms with van der Waals surface area (Å²) in [7, 11) is 0. The molecule has 0 spiro atoms. The summed E-state index contributed by atoms with van der Waals surface area (Å²) in [5, 5.41) is 3.15. The summed E-state index contributed by atoms with van der Waals surface area (Å²) in [6, 6.07) is 14.6. The lowest BCUT2D eigenvalue weighted by Crippen LogP contribution is -2.27. The van der Waals surface area contributed by atoms with E-state index in [4.69, 9.17) is 0 Å². The summed E-state index contributed by atoms with van der Waals surface area (Å²) in [4.78, 5) is 30.0. The highest BCUT2D eigenvalue weighted by Crippen LogP contribution is 2.17. The second-order valence-corrected chi connectivity index (χ2v) is 6.87. The molecule has 2 heterocycles. The molecule has 7 heteroatoms. The molecule has 1 amide bonds. The van der Waals surface area contributed by atoms with Gasteiger partial charge in [0.25, 0.3) is 5.56 Å². The number of aromatic nitrogens is 3. The van der Waals surface area contributed by atoms with Crippen LogP contribution >= 0.6 is 0 Å². The number of fused-ring (bicyclic) bond motifs is 1. The van der Waals surface area contributed by atoms with Gasteiger partial charge in [0.1, 0.15) is 12.4 Å². The van der Waals surface area contributed by atoms with Gasteiger partial charge in [-0.3, -0.25) is 14.3 Å². The molecule has 4 rings (SSSR count). The van der Waals surface area contributed by atoms with Crippen LogP contribution < -0.4 is 10.9 Å². The molecule has 0 aliphatic rings. The molecule has 0 bridgehead atoms. The van der Waals surface area contributed by atoms with Gasteiger partial charge < -0.3 is 5.32 Å². The van der Waals surface area contributed by atoms with Gasteiger partial charge >= 0.3 is 0 Å². The van der Waals surface area contributed by atoms with E-state index in [1.807, 2.05) is 32.0 Å². The first kappa shape index (κ1) is 18.6. The molecular formula is C22H19FN4O2. The number of carbonyl (C=O) groups is 1. The van der Waals surface area contributed by atoms with Crippen molar-refractivity contribution >= 4 is 22.6 Å². The standard InChI is InChI=1S/C22H19FN4O2/c1-14-5-10-18(12-15(14)2)27-22(29)19-4-3-11-24-21(19)26(27)13-20(28)25-17-8-6-16(23)7-9-17/h3-12H,13H2,1-2H3,(H,25,28). The Morgan fingerprint density at radius 2 is 1.83 bits per heavy atom. The van der Waals surface area contributed by atoms with Crippen LogP contribution in [0.3, 0.4) is 0 Å². The van der Waals surface area contributed by atoms with Crippen LogP contribution in [-0.4, -0.2) is 20.3 Å². The van der Waals surface area contributed by atoms with Gasteiger partial charge in [0, 0.05) is 11.9 Å². The lowest BCUT2D eigenvalue weighted by molar-refractivity contribution is -0.116. The fourth-order valence-corrected chi connectivity index (χ4v) is 3.22. The number of halogens is 1. The fraction of sp³-hybridized carbons (Fsp3) is 0.136. The number of carbonyl (C=O) groups excluding carboxylic acids is 1. The molecule has 6 nitrogen and oxygen atoms in total. The molecule has 0 unspecified atom stereocenters. The topological polar surface area (TPSA) is 68.9 Å². The molecule has 146 valence electrons. The van der Waals surface area contributed by atoms with E-state index in [-0.39, 0.29) is 23.8 Å². The van der Waals surface area contributed by atoms with Crippen LogP contribution in [0.5, 0.6) is 0 Å². The van der Waals surface area contributed by atoms with Gasteiger partial charge in [-0.15, -0.1) is 0 Å². The summed E-state index contributed by atoms with van der Waals surface area (Å²) in [6.45, 7) is 3.84. The van der Waals surface area contributed by atoms with Crippen molar-refractivity contribution in [3.05, 3.63) is 88.1 Å². The quantitative estimate of drug-likeness (QED) is 0.579. The van der Waals surface area contributed by atoms with E-state index < -0.39 is 0 Å². The lowest BCUT2D eigenvalue weighted by Gasteiger charge is -2.13. The molecule has 0 fully saturated rings. The van der Waals surface area contributed by atoms with E-state index in [9.17, 15) is 14.0 Å². The molecule has 0 atom stereocenters. The molecule has 4 aromatic rings. The van der Waals surface area contributed by atoms with Crippen molar-refractivity contribution in [3.63, 3.8) is 0 Å². The summed E-state index contributed by atoms with van der Waals surface area (Å²) in [5.74, 6) is -0.732. The smallest absolute Gasteiger partial charge is 0.280 e. The fourth-order valence-electron chi connectivity index (χ4n) is 3.22. The maximum Gasteiger partial charge on any atom is 0.280 e. The number of nitrogens with zero attached hydrogens (tertiary/aromatic N) is 3. The Morgan fingerprint density at radius 3 is 2.55 bits per heavy atom. The molecule has 0 aliphatic carbocycles. The van der Waals surface area contributed by atoms with Crippen LogP contribution in [0.15, 0.2) is 65.6 Å². The number of amides is 1. The van der Waals surface area contributed by atoms with Gasteiger partial charge in [0.15, 0.2) is 5.65 Å². The van der Waals surface area contributed by atoms with E-state index in [1.54, 1.807) is 23.0 Å². The predicted octanol–water partition coefficient (Wildman–Crippen LogP) is 3.58. The Hall–Kier alpha value is -3.74. The van der Waals surface area contributed by atoms with Crippen molar-refractivity contribution in [3.8, 4) is 5.69 Å². The van der Waals surface area contributed by atoms with Crippen molar-refractivity contribution < 1.29 is 9.18 Å². The summed E-state index contributed by atoms with van der Waals surface area (Å²) in [5.41, 5.74) is 3.45. The monoisotopic (exact) mass is 390 g/mol. The third-order valence-electron chi connectivity index (χ3n) is 4.85. The van der Waals surface area contributed by atoms with Gasteiger partial charge in [-0.25, -0.2) is 14.1 Å². The highest BCUT2D eigenvalue weighted by molar-refractivity contribution is 5.91. The first-order valence-electron chi connectivity index (χ1n) is 9.13. The Balaban J connectivity index is 1.78. The van der Waals surface area contributed by atoms with Crippen molar-refractivity contribution in [2.24, 2.45) is 0 Å². The molecule has 0 radical (unpaired) electrons. The Bertz CT molecular complexity index is 1270. The summed E-state index contributed by atoms with van der Waals surface area (Å²) in [6.07, 6.45) is 1.58. The molecule has 0 aliphatic heterocycles. The number of hydrogen-bond donors (Lipinski definition) is 1. The number of anilines is 1. The van der Waals surface area contributed by atoms with Crippen molar-refractivity contribution in [2.75, 3.05) is 5.32 Å². The minimum absolute atomic E-state index is 0.125. The average Bonchev–Trinajstić information content (AvgIpc) is 2.98. The summed E-state index contributed by atoms with van der Waals surface area (Å²) < 4.78 is 16.1. The van der Waals surface area contributed by atoms with Gasteiger partial charge in [0.05, 0.1) is 11.1 Å². The van der Waals surface area contributed by atoms with Crippen molar-refractivity contribution in [1.82, 2.24) is 14.3 Å². The van der Waals surface area contributed by atoms with E-state index in [2.05, 4.69) is 10.3 Å². The van der Waals surface area contributed by atoms with E-state index in [1.165, 1.54) is 28.9 Å². The first-order chi connectivity index (χ1) is 13.9. The van der Waals surface area contributed by atoms with Crippen LogP contribution in [0.1, 0.15) is 11.1 Å². The predicted molar refractivity (Wildman–Crippen MR) is 110 cm³/mol. The van der Waals surface area contributed by atoms with Crippen LogP contribution in [0.25, 0.3) is 16.7 Å². The number of hydrogen-bond acceptors (Lipinski definition) is 3. The molecule has 0 saturated carbocycles. The number of benzene rings is 2. The average molecular weight is 390 g/mol. The Morgan fingerprint density at radius 1 is 1.07 bits per heavy atom. The zero-order valence-corrected chi connectivity index (χ0v) is 16.0. The Labute approximate surface area is 166 Å². The minimum Gasteiger partial charge on any atom is -0.324 e. The van der Waals surface area contributed by atoms with Gasteiger partial charge in [-0.05, 0) is 73.5 Å². The van der Waals surface area contributed by atoms with Crippen molar-refractivity contribution in [1.29, 1.82) is 0 Å². The second-order valence-electron chi connectivity index (χ2n) is 6.87. The van der Waals surface area contributed by atoms with E-state index >= 15 is 0 Å². The van der Waals surface area contributed by atoms with Gasteiger partial charge in [-0.2, -0.15) is 0 Å². The maximum atomic E-state index is 13.1. The lowest BCUT2D eigenvalue weighted by atomic mass is 10.1. The largest absolute Gasteiger partial charge is 0.324 e. The minimum atomic E-state index is -0.382. The van der Waals surface area contributed by atoms with Gasteiger partial charge in [0.2, 0.25) is 5.91 Å². The van der Waals surface area contributed by atoms with Crippen LogP contribution in [-0.2, 0) is 11.3 Å². The van der Waals surface area contributed by atoms with Crippen molar-refractivity contribution in [2.45, 2.75) is 20.4 Å². The molecule has 2 aromatic carbocycles. The molecule has 2 aromatic heterocycles. The number of aryl methyl sites for hydroxylation is 2. The number of nitrogens with one attached hydrogen (secondary N) is 1. The summed E-state index contributed by atoms with van der Waals surface area (Å²) >= 11 is 0. The molecular weight excluding hydrogens is 371 g/mol. The highest BCUT2D eigenvalue weighted by atomic mass is 19.1. The third-order valence-corrected chi connectivity index (χ3v) is 4.85. The van der Waals surface area contributed by atoms with Crippen LogP contribution in [0, 0.1) is 19.7 Å². The molecule has 29 heavy (non-hydrogen) atoms. The highest BCUT2D eigenvalue weighted by Gasteiger charge is 2.18. The zero-order chi connectivity index (χ0) is 20.5. The van der Waals surface area contributed by atoms with Gasteiger partial charge in [-0.1, -0.05) is 6.07 Å². The normalized spacial score (nSPS) is 11.0. The molecule has 1 N–H and O–H groups in total. The zero-order valence-electron chi connectivity index (χ0n) is 16.0. The van der Waals surface area contributed by atoms with Crippen LogP contribution in [0.2, 0.25) is 0 Å². The SMILES string of the molecule is Cc1ccc(-n2c(=O)c3cccnc3n2CC(=O)Nc2ccc(F)cc2)cc1C. The first-order valence-corrected chi connectivity index (χ1v) is 9.13. The molecule has 0 saturated heterocycles. The number of rotatable bonds is 4. The maximum absolute atomic E-state index is 13.1. The van der Waals surface area contributed by atoms with Crippen LogP contribution in [0.4, 0.5) is 10.1 Å².